The number of esters is 2. The van der Waals surface area contributed by atoms with Crippen molar-refractivity contribution in [3.8, 4) is 0 Å². The third-order valence-electron chi connectivity index (χ3n) is 9.89. The molecular formula is C42H76O12S. The number of aliphatic hydroxyl groups excluding tert-OH is 3. The van der Waals surface area contributed by atoms with Crippen molar-refractivity contribution in [2.24, 2.45) is 0 Å². The molecule has 0 aliphatic carbocycles. The quantitative estimate of drug-likeness (QED) is 0.0159. The lowest BCUT2D eigenvalue weighted by Crippen LogP contribution is -2.60. The first-order valence-electron chi connectivity index (χ1n) is 21.4. The smallest absolute Gasteiger partial charge is 0.330 e. The van der Waals surface area contributed by atoms with Crippen molar-refractivity contribution in [1.82, 2.24) is 0 Å². The average molecular weight is 805 g/mol. The van der Waals surface area contributed by atoms with Crippen LogP contribution in [0.3, 0.4) is 0 Å². The van der Waals surface area contributed by atoms with Gasteiger partial charge >= 0.3 is 11.9 Å². The van der Waals surface area contributed by atoms with E-state index in [1.807, 2.05) is 6.08 Å². The van der Waals surface area contributed by atoms with Gasteiger partial charge in [-0.3, -0.25) is 9.35 Å². The molecule has 322 valence electrons. The molecular weight excluding hydrogens is 729 g/mol. The molecule has 1 saturated heterocycles. The lowest BCUT2D eigenvalue weighted by Gasteiger charge is -2.40. The van der Waals surface area contributed by atoms with E-state index in [1.165, 1.54) is 122 Å². The summed E-state index contributed by atoms with van der Waals surface area (Å²) in [5.74, 6) is -2.24. The van der Waals surface area contributed by atoms with E-state index in [4.69, 9.17) is 18.9 Å². The Morgan fingerprint density at radius 2 is 1.15 bits per heavy atom. The molecule has 13 heteroatoms. The number of unbranched alkanes of at least 4 members (excludes halogenated alkanes) is 22. The zero-order valence-electron chi connectivity index (χ0n) is 34.0. The molecule has 2 unspecified atom stereocenters. The van der Waals surface area contributed by atoms with Crippen molar-refractivity contribution in [3.63, 3.8) is 0 Å². The first-order valence-corrected chi connectivity index (χ1v) is 23.0. The Morgan fingerprint density at radius 1 is 0.655 bits per heavy atom. The van der Waals surface area contributed by atoms with Crippen LogP contribution in [0.25, 0.3) is 0 Å². The van der Waals surface area contributed by atoms with Gasteiger partial charge < -0.3 is 34.3 Å². The van der Waals surface area contributed by atoms with Crippen molar-refractivity contribution in [2.45, 2.75) is 211 Å². The Hall–Kier alpha value is -1.87. The van der Waals surface area contributed by atoms with Crippen LogP contribution in [0.15, 0.2) is 24.3 Å². The first kappa shape index (κ1) is 51.1. The number of aliphatic hydroxyl groups is 3. The van der Waals surface area contributed by atoms with Crippen molar-refractivity contribution in [2.75, 3.05) is 19.0 Å². The fourth-order valence-electron chi connectivity index (χ4n) is 6.53. The molecule has 1 heterocycles. The zero-order valence-corrected chi connectivity index (χ0v) is 34.9. The van der Waals surface area contributed by atoms with Gasteiger partial charge in [-0.05, 0) is 19.3 Å². The van der Waals surface area contributed by atoms with Crippen molar-refractivity contribution >= 4 is 22.1 Å². The van der Waals surface area contributed by atoms with Gasteiger partial charge in [0.15, 0.2) is 12.4 Å². The SMILES string of the molecule is CCCCCCCCCCCCC/C=C/C=C/C(=O)OC[C@H](CO[C@H]1O[C@H](CS(=O)(=O)O)[C@@H](O)C(O)C1O)OC(=O)CCCCCCCCCCCCCC. The lowest BCUT2D eigenvalue weighted by atomic mass is 10.00. The number of carbonyl (C=O) groups is 2. The van der Waals surface area contributed by atoms with Gasteiger partial charge in [-0.2, -0.15) is 8.42 Å². The number of rotatable bonds is 35. The molecule has 1 aliphatic heterocycles. The van der Waals surface area contributed by atoms with Crippen LogP contribution in [0.1, 0.15) is 174 Å². The minimum Gasteiger partial charge on any atom is -0.458 e. The van der Waals surface area contributed by atoms with E-state index in [2.05, 4.69) is 13.8 Å². The Morgan fingerprint density at radius 3 is 1.65 bits per heavy atom. The largest absolute Gasteiger partial charge is 0.458 e. The second-order valence-electron chi connectivity index (χ2n) is 15.1. The molecule has 6 atom stereocenters. The van der Waals surface area contributed by atoms with Crippen LogP contribution < -0.4 is 0 Å². The summed E-state index contributed by atoms with van der Waals surface area (Å²) in [5.41, 5.74) is 0. The molecule has 12 nitrogen and oxygen atoms in total. The van der Waals surface area contributed by atoms with Crippen molar-refractivity contribution in [1.29, 1.82) is 0 Å². The molecule has 0 aromatic rings. The van der Waals surface area contributed by atoms with Gasteiger partial charge in [0.2, 0.25) is 0 Å². The summed E-state index contributed by atoms with van der Waals surface area (Å²) in [7, 11) is -4.60. The Labute approximate surface area is 332 Å². The van der Waals surface area contributed by atoms with Crippen molar-refractivity contribution < 1.29 is 56.8 Å². The second kappa shape index (κ2) is 33.1. The van der Waals surface area contributed by atoms with Gasteiger partial charge in [-0.1, -0.05) is 167 Å². The first-order chi connectivity index (χ1) is 26.5. The van der Waals surface area contributed by atoms with Gasteiger partial charge in [0, 0.05) is 12.5 Å². The van der Waals surface area contributed by atoms with Gasteiger partial charge in [-0.25, -0.2) is 4.79 Å². The third-order valence-corrected chi connectivity index (χ3v) is 10.6. The number of hydrogen-bond acceptors (Lipinski definition) is 11. The monoisotopic (exact) mass is 805 g/mol. The number of hydrogen-bond donors (Lipinski definition) is 4. The van der Waals surface area contributed by atoms with E-state index in [1.54, 1.807) is 12.2 Å². The highest BCUT2D eigenvalue weighted by molar-refractivity contribution is 7.85. The van der Waals surface area contributed by atoms with E-state index in [0.29, 0.717) is 6.42 Å². The van der Waals surface area contributed by atoms with E-state index >= 15 is 0 Å². The maximum Gasteiger partial charge on any atom is 0.330 e. The minimum absolute atomic E-state index is 0.148. The molecule has 0 saturated carbocycles. The van der Waals surface area contributed by atoms with Crippen LogP contribution in [0.4, 0.5) is 0 Å². The Balaban J connectivity index is 2.52. The summed E-state index contributed by atoms with van der Waals surface area (Å²) in [5, 5.41) is 30.8. The molecule has 1 rings (SSSR count). The molecule has 0 amide bonds. The zero-order chi connectivity index (χ0) is 40.6. The van der Waals surface area contributed by atoms with Gasteiger partial charge in [0.1, 0.15) is 36.8 Å². The summed E-state index contributed by atoms with van der Waals surface area (Å²) < 4.78 is 53.7. The highest BCUT2D eigenvalue weighted by Crippen LogP contribution is 2.24. The van der Waals surface area contributed by atoms with Gasteiger partial charge in [0.25, 0.3) is 10.1 Å². The summed E-state index contributed by atoms with van der Waals surface area (Å²) in [6.07, 6.45) is 25.8. The van der Waals surface area contributed by atoms with Crippen LogP contribution in [-0.2, 0) is 38.7 Å². The van der Waals surface area contributed by atoms with Crippen LogP contribution in [0.5, 0.6) is 0 Å². The van der Waals surface area contributed by atoms with E-state index in [9.17, 15) is 37.9 Å². The molecule has 1 fully saturated rings. The molecule has 0 spiro atoms. The summed E-state index contributed by atoms with van der Waals surface area (Å²) in [6.45, 7) is 3.64. The third kappa shape index (κ3) is 28.2. The van der Waals surface area contributed by atoms with Crippen LogP contribution in [0, 0.1) is 0 Å². The number of carbonyl (C=O) groups excluding carboxylic acids is 2. The maximum absolute atomic E-state index is 12.7. The van der Waals surface area contributed by atoms with E-state index < -0.39 is 71.2 Å². The van der Waals surface area contributed by atoms with Crippen LogP contribution in [0.2, 0.25) is 0 Å². The summed E-state index contributed by atoms with van der Waals surface area (Å²) in [6, 6.07) is 0. The molecule has 55 heavy (non-hydrogen) atoms. The predicted octanol–water partition coefficient (Wildman–Crippen LogP) is 8.06. The molecule has 0 bridgehead atoms. The fraction of sp³-hybridized carbons (Fsp3) is 0.857. The molecule has 0 radical (unpaired) electrons. The highest BCUT2D eigenvalue weighted by atomic mass is 32.2. The molecule has 1 aliphatic rings. The fourth-order valence-corrected chi connectivity index (χ4v) is 7.22. The summed E-state index contributed by atoms with van der Waals surface area (Å²) >= 11 is 0. The van der Waals surface area contributed by atoms with Crippen LogP contribution >= 0.6 is 0 Å². The molecule has 0 aromatic carbocycles. The van der Waals surface area contributed by atoms with Gasteiger partial charge in [-0.15, -0.1) is 0 Å². The predicted molar refractivity (Wildman–Crippen MR) is 215 cm³/mol. The normalized spacial score (nSPS) is 21.0. The number of ether oxygens (including phenoxy) is 4. The van der Waals surface area contributed by atoms with E-state index in [0.717, 1.165) is 32.1 Å². The topological polar surface area (TPSA) is 186 Å². The van der Waals surface area contributed by atoms with Crippen molar-refractivity contribution in [3.05, 3.63) is 24.3 Å². The Bertz CT molecular complexity index is 1130. The second-order valence-corrected chi connectivity index (χ2v) is 16.6. The molecule has 0 aromatic heterocycles. The molecule has 4 N–H and O–H groups in total. The van der Waals surface area contributed by atoms with Gasteiger partial charge in [0.05, 0.1) is 6.61 Å². The Kier molecular flexibility index (Phi) is 30.8. The summed E-state index contributed by atoms with van der Waals surface area (Å²) in [4.78, 5) is 25.2. The van der Waals surface area contributed by atoms with E-state index in [-0.39, 0.29) is 13.0 Å². The maximum atomic E-state index is 12.7. The lowest BCUT2D eigenvalue weighted by molar-refractivity contribution is -0.297. The minimum atomic E-state index is -4.60. The number of allylic oxidation sites excluding steroid dienone is 3. The highest BCUT2D eigenvalue weighted by Gasteiger charge is 2.46. The standard InChI is InChI=1S/C42H76O12S/c1-3-5-7-9-11-13-15-17-18-19-21-22-24-26-28-30-37(43)51-32-35(33-52-42-41(47)40(46)39(45)36(54-42)34-55(48,49)50)53-38(44)31-29-27-25-23-20-16-14-12-10-8-6-4-2/h24,26,28,30,35-36,39-42,45-47H,3-23,25,27,29,31-34H2,1-2H3,(H,48,49,50)/b26-24+,30-28+/t35-,36-,39-,40?,41?,42+/m1/s1. The average Bonchev–Trinajstić information content (AvgIpc) is 3.14. The van der Waals surface area contributed by atoms with Crippen LogP contribution in [-0.4, -0.2) is 96.0 Å².